The van der Waals surface area contributed by atoms with Gasteiger partial charge < -0.3 is 5.11 Å². The lowest BCUT2D eigenvalue weighted by atomic mass is 9.90. The lowest BCUT2D eigenvalue weighted by Gasteiger charge is -2.21. The topological polar surface area (TPSA) is 37.3 Å². The fourth-order valence-corrected chi connectivity index (χ4v) is 1.67. The summed E-state index contributed by atoms with van der Waals surface area (Å²) in [4.78, 5) is 10.6. The van der Waals surface area contributed by atoms with Crippen LogP contribution in [-0.2, 0) is 4.79 Å². The maximum atomic E-state index is 13.7. The number of allylic oxidation sites excluding steroid dienone is 2. The molecule has 2 nitrogen and oxygen atoms in total. The Bertz CT molecular complexity index is 462. The van der Waals surface area contributed by atoms with Crippen LogP contribution < -0.4 is 0 Å². The zero-order chi connectivity index (χ0) is 11.6. The van der Waals surface area contributed by atoms with Crippen LogP contribution in [0.5, 0.6) is 0 Å². The van der Waals surface area contributed by atoms with Gasteiger partial charge in [0.1, 0.15) is 11.4 Å². The molecule has 16 heavy (non-hydrogen) atoms. The Balaban J connectivity index is 2.37. The summed E-state index contributed by atoms with van der Waals surface area (Å²) in [5.74, 6) is -0.469. The van der Waals surface area contributed by atoms with E-state index in [0.29, 0.717) is 11.9 Å². The zero-order valence-corrected chi connectivity index (χ0v) is 8.56. The van der Waals surface area contributed by atoms with Gasteiger partial charge >= 0.3 is 0 Å². The molecule has 1 atom stereocenters. The third-order valence-electron chi connectivity index (χ3n) is 2.56. The lowest BCUT2D eigenvalue weighted by molar-refractivity contribution is -0.120. The predicted octanol–water partition coefficient (Wildman–Crippen LogP) is 2.26. The lowest BCUT2D eigenvalue weighted by Crippen LogP contribution is -2.29. The molecule has 0 aliphatic heterocycles. The second-order valence-corrected chi connectivity index (χ2v) is 3.80. The Labute approximate surface area is 92.7 Å². The van der Waals surface area contributed by atoms with Crippen molar-refractivity contribution in [3.05, 3.63) is 53.9 Å². The maximum Gasteiger partial charge on any atom is 0.155 e. The Hall–Kier alpha value is -1.74. The molecule has 0 bridgehead atoms. The van der Waals surface area contributed by atoms with E-state index in [2.05, 4.69) is 0 Å². The van der Waals surface area contributed by atoms with E-state index < -0.39 is 11.4 Å². The first-order chi connectivity index (χ1) is 7.64. The van der Waals surface area contributed by atoms with E-state index in [0.717, 1.165) is 5.56 Å². The van der Waals surface area contributed by atoms with Crippen LogP contribution in [0.4, 0.5) is 4.39 Å². The standard InChI is InChI=1S/C13H11FO2/c14-12-8-13(16,9-15)7-6-11(12)10-4-2-1-3-5-10/h1-7,9,16H,8H2. The van der Waals surface area contributed by atoms with E-state index in [-0.39, 0.29) is 6.42 Å². The molecule has 1 N–H and O–H groups in total. The molecular formula is C13H11FO2. The van der Waals surface area contributed by atoms with E-state index in [1.54, 1.807) is 12.1 Å². The molecule has 0 saturated heterocycles. The van der Waals surface area contributed by atoms with Gasteiger partial charge in [-0.15, -0.1) is 0 Å². The van der Waals surface area contributed by atoms with E-state index in [1.807, 2.05) is 18.2 Å². The molecule has 2 rings (SSSR count). The summed E-state index contributed by atoms with van der Waals surface area (Å²) in [6.07, 6.45) is 2.83. The van der Waals surface area contributed by atoms with Crippen LogP contribution in [0.15, 0.2) is 48.3 Å². The van der Waals surface area contributed by atoms with Crippen molar-refractivity contribution in [2.75, 3.05) is 0 Å². The minimum absolute atomic E-state index is 0.294. The van der Waals surface area contributed by atoms with Crippen molar-refractivity contribution < 1.29 is 14.3 Å². The number of benzene rings is 1. The molecule has 1 aromatic carbocycles. The van der Waals surface area contributed by atoms with Gasteiger partial charge in [0.05, 0.1) is 0 Å². The van der Waals surface area contributed by atoms with Crippen molar-refractivity contribution in [1.29, 1.82) is 0 Å². The first kappa shape index (κ1) is 10.8. The first-order valence-corrected chi connectivity index (χ1v) is 4.97. The molecule has 0 aromatic heterocycles. The second-order valence-electron chi connectivity index (χ2n) is 3.80. The van der Waals surface area contributed by atoms with Crippen molar-refractivity contribution in [2.24, 2.45) is 0 Å². The summed E-state index contributed by atoms with van der Waals surface area (Å²) < 4.78 is 13.7. The number of aldehydes is 1. The van der Waals surface area contributed by atoms with Crippen LogP contribution in [0.2, 0.25) is 0 Å². The van der Waals surface area contributed by atoms with E-state index in [1.165, 1.54) is 12.2 Å². The van der Waals surface area contributed by atoms with Crippen molar-refractivity contribution in [3.63, 3.8) is 0 Å². The highest BCUT2D eigenvalue weighted by atomic mass is 19.1. The van der Waals surface area contributed by atoms with E-state index in [9.17, 15) is 14.3 Å². The van der Waals surface area contributed by atoms with E-state index in [4.69, 9.17) is 0 Å². The third-order valence-corrected chi connectivity index (χ3v) is 2.56. The predicted molar refractivity (Wildman–Crippen MR) is 59.2 cm³/mol. The molecular weight excluding hydrogens is 207 g/mol. The Kier molecular flexibility index (Phi) is 2.71. The third kappa shape index (κ3) is 1.95. The summed E-state index contributed by atoms with van der Waals surface area (Å²) in [7, 11) is 0. The number of aliphatic hydroxyl groups is 1. The van der Waals surface area contributed by atoms with E-state index >= 15 is 0 Å². The highest BCUT2D eigenvalue weighted by molar-refractivity contribution is 5.80. The zero-order valence-electron chi connectivity index (χ0n) is 8.56. The first-order valence-electron chi connectivity index (χ1n) is 4.97. The number of carbonyl (C=O) groups excluding carboxylic acids is 1. The normalized spacial score (nSPS) is 24.6. The Morgan fingerprint density at radius 3 is 2.56 bits per heavy atom. The molecule has 0 spiro atoms. The number of halogens is 1. The van der Waals surface area contributed by atoms with Gasteiger partial charge in [0, 0.05) is 12.0 Å². The number of rotatable bonds is 2. The number of hydrogen-bond donors (Lipinski definition) is 1. The molecule has 0 amide bonds. The molecule has 1 aliphatic rings. The molecule has 0 fully saturated rings. The molecule has 0 heterocycles. The minimum Gasteiger partial charge on any atom is -0.378 e. The quantitative estimate of drug-likeness (QED) is 0.773. The molecule has 1 aliphatic carbocycles. The van der Waals surface area contributed by atoms with Gasteiger partial charge in [0.2, 0.25) is 0 Å². The summed E-state index contributed by atoms with van der Waals surface area (Å²) in [6.45, 7) is 0. The summed E-state index contributed by atoms with van der Waals surface area (Å²) in [6, 6.07) is 9.03. The van der Waals surface area contributed by atoms with Crippen LogP contribution >= 0.6 is 0 Å². The smallest absolute Gasteiger partial charge is 0.155 e. The fourth-order valence-electron chi connectivity index (χ4n) is 1.67. The van der Waals surface area contributed by atoms with Gasteiger partial charge in [-0.3, -0.25) is 4.79 Å². The second kappa shape index (κ2) is 4.02. The molecule has 0 saturated carbocycles. The van der Waals surface area contributed by atoms with Crippen LogP contribution in [0.3, 0.4) is 0 Å². The van der Waals surface area contributed by atoms with Crippen molar-refractivity contribution >= 4 is 11.9 Å². The van der Waals surface area contributed by atoms with Crippen molar-refractivity contribution in [3.8, 4) is 0 Å². The fraction of sp³-hybridized carbons (Fsp3) is 0.154. The minimum atomic E-state index is -1.69. The highest BCUT2D eigenvalue weighted by Crippen LogP contribution is 2.32. The Morgan fingerprint density at radius 2 is 2.00 bits per heavy atom. The monoisotopic (exact) mass is 218 g/mol. The Morgan fingerprint density at radius 1 is 1.31 bits per heavy atom. The number of hydrogen-bond acceptors (Lipinski definition) is 2. The maximum absolute atomic E-state index is 13.7. The molecule has 82 valence electrons. The van der Waals surface area contributed by atoms with Gasteiger partial charge in [-0.1, -0.05) is 36.4 Å². The molecule has 3 heteroatoms. The summed E-state index contributed by atoms with van der Waals surface area (Å²) >= 11 is 0. The van der Waals surface area contributed by atoms with Crippen LogP contribution in [0.1, 0.15) is 12.0 Å². The van der Waals surface area contributed by atoms with Crippen molar-refractivity contribution in [1.82, 2.24) is 0 Å². The van der Waals surface area contributed by atoms with Gasteiger partial charge in [-0.2, -0.15) is 0 Å². The summed E-state index contributed by atoms with van der Waals surface area (Å²) in [5.41, 5.74) is -0.529. The number of carbonyl (C=O) groups is 1. The van der Waals surface area contributed by atoms with Gasteiger partial charge in [0.15, 0.2) is 6.29 Å². The highest BCUT2D eigenvalue weighted by Gasteiger charge is 2.29. The summed E-state index contributed by atoms with van der Waals surface area (Å²) in [5, 5.41) is 9.59. The molecule has 1 aromatic rings. The average molecular weight is 218 g/mol. The van der Waals surface area contributed by atoms with Gasteiger partial charge in [0.25, 0.3) is 0 Å². The van der Waals surface area contributed by atoms with Crippen molar-refractivity contribution in [2.45, 2.75) is 12.0 Å². The van der Waals surface area contributed by atoms with Gasteiger partial charge in [-0.05, 0) is 11.6 Å². The van der Waals surface area contributed by atoms with Gasteiger partial charge in [-0.25, -0.2) is 4.39 Å². The molecule has 0 radical (unpaired) electrons. The SMILES string of the molecule is O=CC1(O)C=CC(c2ccccc2)=C(F)C1. The van der Waals surface area contributed by atoms with Crippen LogP contribution in [0.25, 0.3) is 5.57 Å². The van der Waals surface area contributed by atoms with Crippen LogP contribution in [0, 0.1) is 0 Å². The van der Waals surface area contributed by atoms with Crippen LogP contribution in [-0.4, -0.2) is 17.0 Å². The average Bonchev–Trinajstić information content (AvgIpc) is 2.30. The molecule has 1 unspecified atom stereocenters. The largest absolute Gasteiger partial charge is 0.378 e.